The normalized spacial score (nSPS) is 14.0. The Morgan fingerprint density at radius 3 is 2.68 bits per heavy atom. The number of nitrogens with one attached hydrogen (secondary N) is 1. The van der Waals surface area contributed by atoms with Crippen molar-refractivity contribution in [3.63, 3.8) is 0 Å². The molecular weight excluding hydrogens is 322 g/mol. The standard InChI is InChI=1S/C19H25NO5/c1-3-6-14-9-10-16(17(11-14)23-2)24-13-19(22)25-12-18(21)20-15-7-4-5-8-15/h3,9-11,15H,1,4-8,12-13H2,2H3,(H,20,21). The van der Waals surface area contributed by atoms with Crippen molar-refractivity contribution >= 4 is 11.9 Å². The first-order valence-corrected chi connectivity index (χ1v) is 8.48. The van der Waals surface area contributed by atoms with Crippen molar-refractivity contribution in [1.29, 1.82) is 0 Å². The second-order valence-corrected chi connectivity index (χ2v) is 5.98. The predicted molar refractivity (Wildman–Crippen MR) is 93.7 cm³/mol. The van der Waals surface area contributed by atoms with E-state index in [0.717, 1.165) is 37.7 Å². The number of allylic oxidation sites excluding steroid dienone is 1. The Balaban J connectivity index is 1.75. The van der Waals surface area contributed by atoms with Gasteiger partial charge in [0.25, 0.3) is 5.91 Å². The zero-order valence-corrected chi connectivity index (χ0v) is 14.6. The lowest BCUT2D eigenvalue weighted by Crippen LogP contribution is -2.36. The van der Waals surface area contributed by atoms with E-state index >= 15 is 0 Å². The molecule has 1 saturated carbocycles. The van der Waals surface area contributed by atoms with E-state index in [4.69, 9.17) is 14.2 Å². The van der Waals surface area contributed by atoms with Gasteiger partial charge >= 0.3 is 5.97 Å². The maximum Gasteiger partial charge on any atom is 0.344 e. The number of benzene rings is 1. The summed E-state index contributed by atoms with van der Waals surface area (Å²) in [5.41, 5.74) is 1.03. The number of hydrogen-bond donors (Lipinski definition) is 1. The molecule has 1 aromatic rings. The third-order valence-corrected chi connectivity index (χ3v) is 4.04. The summed E-state index contributed by atoms with van der Waals surface area (Å²) in [6, 6.07) is 5.65. The van der Waals surface area contributed by atoms with E-state index in [1.54, 1.807) is 12.1 Å². The number of rotatable bonds is 9. The summed E-state index contributed by atoms with van der Waals surface area (Å²) in [5, 5.41) is 2.86. The zero-order chi connectivity index (χ0) is 18.1. The SMILES string of the molecule is C=CCc1ccc(OCC(=O)OCC(=O)NC2CCCC2)c(OC)c1. The predicted octanol–water partition coefficient (Wildman–Crippen LogP) is 2.40. The average molecular weight is 347 g/mol. The van der Waals surface area contributed by atoms with E-state index in [1.165, 1.54) is 7.11 Å². The molecule has 0 bridgehead atoms. The minimum Gasteiger partial charge on any atom is -0.493 e. The van der Waals surface area contributed by atoms with Crippen LogP contribution in [0.1, 0.15) is 31.2 Å². The van der Waals surface area contributed by atoms with Crippen molar-refractivity contribution in [2.24, 2.45) is 0 Å². The lowest BCUT2D eigenvalue weighted by Gasteiger charge is -2.13. The molecule has 1 aromatic carbocycles. The number of carbonyl (C=O) groups is 2. The van der Waals surface area contributed by atoms with Crippen LogP contribution >= 0.6 is 0 Å². The molecule has 0 aliphatic heterocycles. The molecule has 6 heteroatoms. The number of methoxy groups -OCH3 is 1. The molecule has 2 rings (SSSR count). The third kappa shape index (κ3) is 6.14. The number of amides is 1. The van der Waals surface area contributed by atoms with E-state index in [-0.39, 0.29) is 25.2 Å². The summed E-state index contributed by atoms with van der Waals surface area (Å²) in [6.45, 7) is 3.13. The molecule has 0 spiro atoms. The quantitative estimate of drug-likeness (QED) is 0.548. The van der Waals surface area contributed by atoms with Gasteiger partial charge in [0.05, 0.1) is 7.11 Å². The number of esters is 1. The molecule has 136 valence electrons. The maximum absolute atomic E-state index is 11.7. The van der Waals surface area contributed by atoms with Crippen molar-refractivity contribution in [2.75, 3.05) is 20.3 Å². The van der Waals surface area contributed by atoms with Crippen LogP contribution in [0.3, 0.4) is 0 Å². The molecule has 0 atom stereocenters. The van der Waals surface area contributed by atoms with Crippen LogP contribution in [0, 0.1) is 0 Å². The smallest absolute Gasteiger partial charge is 0.344 e. The highest BCUT2D eigenvalue weighted by Crippen LogP contribution is 2.28. The minimum atomic E-state index is -0.598. The fourth-order valence-corrected chi connectivity index (χ4v) is 2.79. The van der Waals surface area contributed by atoms with Crippen molar-refractivity contribution in [3.05, 3.63) is 36.4 Å². The highest BCUT2D eigenvalue weighted by Gasteiger charge is 2.18. The molecule has 0 radical (unpaired) electrons. The van der Waals surface area contributed by atoms with Crippen LogP contribution in [0.2, 0.25) is 0 Å². The van der Waals surface area contributed by atoms with Crippen molar-refractivity contribution in [2.45, 2.75) is 38.1 Å². The van der Waals surface area contributed by atoms with Gasteiger partial charge in [-0.15, -0.1) is 6.58 Å². The van der Waals surface area contributed by atoms with Gasteiger partial charge in [0.1, 0.15) is 0 Å². The number of carbonyl (C=O) groups excluding carboxylic acids is 2. The Hall–Kier alpha value is -2.50. The number of hydrogen-bond acceptors (Lipinski definition) is 5. The van der Waals surface area contributed by atoms with Gasteiger partial charge in [0, 0.05) is 6.04 Å². The first-order chi connectivity index (χ1) is 12.1. The average Bonchev–Trinajstić information content (AvgIpc) is 3.11. The minimum absolute atomic E-state index is 0.209. The van der Waals surface area contributed by atoms with Gasteiger partial charge in [-0.3, -0.25) is 4.79 Å². The fraction of sp³-hybridized carbons (Fsp3) is 0.474. The Bertz CT molecular complexity index is 608. The summed E-state index contributed by atoms with van der Waals surface area (Å²) in [4.78, 5) is 23.5. The van der Waals surface area contributed by atoms with E-state index < -0.39 is 5.97 Å². The molecule has 1 aliphatic rings. The van der Waals surface area contributed by atoms with Gasteiger partial charge in [-0.1, -0.05) is 25.0 Å². The Morgan fingerprint density at radius 2 is 2.00 bits per heavy atom. The van der Waals surface area contributed by atoms with E-state index in [2.05, 4.69) is 11.9 Å². The zero-order valence-electron chi connectivity index (χ0n) is 14.6. The van der Waals surface area contributed by atoms with Crippen LogP contribution in [-0.4, -0.2) is 38.2 Å². The molecule has 25 heavy (non-hydrogen) atoms. The van der Waals surface area contributed by atoms with Gasteiger partial charge in [-0.2, -0.15) is 0 Å². The van der Waals surface area contributed by atoms with Gasteiger partial charge < -0.3 is 19.5 Å². The van der Waals surface area contributed by atoms with Gasteiger partial charge in [0.15, 0.2) is 24.7 Å². The first-order valence-electron chi connectivity index (χ1n) is 8.48. The van der Waals surface area contributed by atoms with Crippen molar-refractivity contribution < 1.29 is 23.8 Å². The highest BCUT2D eigenvalue weighted by atomic mass is 16.6. The molecule has 0 aromatic heterocycles. The van der Waals surface area contributed by atoms with Crippen LogP contribution in [0.4, 0.5) is 0 Å². The fourth-order valence-electron chi connectivity index (χ4n) is 2.79. The van der Waals surface area contributed by atoms with Gasteiger partial charge in [0.2, 0.25) is 0 Å². The second-order valence-electron chi connectivity index (χ2n) is 5.98. The van der Waals surface area contributed by atoms with Crippen LogP contribution < -0.4 is 14.8 Å². The van der Waals surface area contributed by atoms with Crippen LogP contribution in [-0.2, 0) is 20.7 Å². The van der Waals surface area contributed by atoms with E-state index in [0.29, 0.717) is 11.5 Å². The molecule has 1 amide bonds. The molecular formula is C19H25NO5. The molecule has 6 nitrogen and oxygen atoms in total. The summed E-state index contributed by atoms with van der Waals surface area (Å²) < 4.78 is 15.6. The van der Waals surface area contributed by atoms with Crippen LogP contribution in [0.25, 0.3) is 0 Å². The molecule has 1 N–H and O–H groups in total. The molecule has 0 heterocycles. The monoisotopic (exact) mass is 347 g/mol. The third-order valence-electron chi connectivity index (χ3n) is 4.04. The summed E-state index contributed by atoms with van der Waals surface area (Å²) >= 11 is 0. The van der Waals surface area contributed by atoms with Crippen LogP contribution in [0.5, 0.6) is 11.5 Å². The van der Waals surface area contributed by atoms with Gasteiger partial charge in [-0.25, -0.2) is 4.79 Å². The second kappa shape index (κ2) is 9.71. The Morgan fingerprint density at radius 1 is 1.24 bits per heavy atom. The highest BCUT2D eigenvalue weighted by molar-refractivity contribution is 5.81. The Kier molecular flexibility index (Phi) is 7.32. The van der Waals surface area contributed by atoms with Crippen LogP contribution in [0.15, 0.2) is 30.9 Å². The summed E-state index contributed by atoms with van der Waals surface area (Å²) in [7, 11) is 1.53. The molecule has 1 fully saturated rings. The lowest BCUT2D eigenvalue weighted by atomic mass is 10.1. The van der Waals surface area contributed by atoms with Crippen molar-refractivity contribution in [1.82, 2.24) is 5.32 Å². The van der Waals surface area contributed by atoms with E-state index in [9.17, 15) is 9.59 Å². The summed E-state index contributed by atoms with van der Waals surface area (Å²) in [5.74, 6) is 0.110. The Labute approximate surface area is 148 Å². The summed E-state index contributed by atoms with van der Waals surface area (Å²) in [6.07, 6.45) is 6.75. The largest absolute Gasteiger partial charge is 0.493 e. The molecule has 0 unspecified atom stereocenters. The number of ether oxygens (including phenoxy) is 3. The maximum atomic E-state index is 11.7. The van der Waals surface area contributed by atoms with E-state index in [1.807, 2.05) is 12.1 Å². The topological polar surface area (TPSA) is 73.9 Å². The van der Waals surface area contributed by atoms with Gasteiger partial charge in [-0.05, 0) is 37.0 Å². The molecule has 0 saturated heterocycles. The van der Waals surface area contributed by atoms with Crippen molar-refractivity contribution in [3.8, 4) is 11.5 Å². The molecule has 1 aliphatic carbocycles. The lowest BCUT2D eigenvalue weighted by molar-refractivity contribution is -0.150. The first kappa shape index (κ1) is 18.8.